The Balaban J connectivity index is 1.57. The highest BCUT2D eigenvalue weighted by atomic mass is 32.2. The Labute approximate surface area is 173 Å². The van der Waals surface area contributed by atoms with Gasteiger partial charge in [0, 0.05) is 17.7 Å². The number of rotatable bonds is 15. The van der Waals surface area contributed by atoms with Gasteiger partial charge in [0.05, 0.1) is 45.3 Å². The molecule has 164 valence electrons. The summed E-state index contributed by atoms with van der Waals surface area (Å²) in [6.45, 7) is 3.14. The number of azide groups is 1. The average Bonchev–Trinajstić information content (AvgIpc) is 3.22. The van der Waals surface area contributed by atoms with Gasteiger partial charge < -0.3 is 18.9 Å². The van der Waals surface area contributed by atoms with Crippen LogP contribution in [0.25, 0.3) is 16.1 Å². The maximum Gasteiger partial charge on any atom is 0.272 e. The van der Waals surface area contributed by atoms with E-state index in [1.54, 1.807) is 24.3 Å². The van der Waals surface area contributed by atoms with Crippen LogP contribution < -0.4 is 4.74 Å². The maximum absolute atomic E-state index is 11.7. The molecule has 0 unspecified atom stereocenters. The van der Waals surface area contributed by atoms with Crippen molar-refractivity contribution in [3.63, 3.8) is 0 Å². The molecule has 0 aliphatic heterocycles. The topological polar surface area (TPSA) is 163 Å². The second kappa shape index (κ2) is 12.7. The summed E-state index contributed by atoms with van der Waals surface area (Å²) in [6, 6.07) is 6.69. The molecule has 1 heterocycles. The van der Waals surface area contributed by atoms with Crippen LogP contribution in [0.3, 0.4) is 0 Å². The highest BCUT2D eigenvalue weighted by Gasteiger charge is 2.18. The highest BCUT2D eigenvalue weighted by molar-refractivity contribution is 7.90. The summed E-state index contributed by atoms with van der Waals surface area (Å²) in [5, 5.41) is 13.8. The summed E-state index contributed by atoms with van der Waals surface area (Å²) < 4.78 is 46.0. The summed E-state index contributed by atoms with van der Waals surface area (Å²) >= 11 is 0. The van der Waals surface area contributed by atoms with E-state index in [0.717, 1.165) is 10.9 Å². The van der Waals surface area contributed by atoms with E-state index in [1.807, 2.05) is 0 Å². The summed E-state index contributed by atoms with van der Waals surface area (Å²) in [7, 11) is -3.54. The van der Waals surface area contributed by atoms with E-state index in [-0.39, 0.29) is 5.16 Å². The van der Waals surface area contributed by atoms with Crippen molar-refractivity contribution >= 4 is 9.84 Å². The van der Waals surface area contributed by atoms with Crippen molar-refractivity contribution in [3.05, 3.63) is 34.7 Å². The van der Waals surface area contributed by atoms with Crippen LogP contribution in [-0.4, -0.2) is 87.7 Å². The highest BCUT2D eigenvalue weighted by Crippen LogP contribution is 2.16. The first-order valence-electron chi connectivity index (χ1n) is 8.98. The van der Waals surface area contributed by atoms with E-state index >= 15 is 0 Å². The van der Waals surface area contributed by atoms with Gasteiger partial charge in [-0.05, 0) is 40.2 Å². The molecule has 0 fully saturated rings. The summed E-state index contributed by atoms with van der Waals surface area (Å²) in [5.74, 6) is 0.602. The van der Waals surface area contributed by atoms with Gasteiger partial charge in [-0.25, -0.2) is 8.42 Å². The van der Waals surface area contributed by atoms with Crippen LogP contribution in [0, 0.1) is 0 Å². The van der Waals surface area contributed by atoms with E-state index in [0.29, 0.717) is 64.2 Å². The summed E-state index contributed by atoms with van der Waals surface area (Å²) in [6.07, 6.45) is 1.04. The number of benzene rings is 1. The molecule has 13 nitrogen and oxygen atoms in total. The smallest absolute Gasteiger partial charge is 0.272 e. The summed E-state index contributed by atoms with van der Waals surface area (Å²) in [5.41, 5.74) is 8.60. The number of sulfone groups is 1. The SMILES string of the molecule is CS(=O)(=O)c1nnnn1-c1ccc(OCCOCCOCCOCCN=[N+]=[N-])cc1. The van der Waals surface area contributed by atoms with Crippen LogP contribution in [0.4, 0.5) is 0 Å². The van der Waals surface area contributed by atoms with Crippen molar-refractivity contribution in [2.75, 3.05) is 59.0 Å². The molecule has 0 amide bonds. The van der Waals surface area contributed by atoms with Gasteiger partial charge in [-0.2, -0.15) is 4.68 Å². The lowest BCUT2D eigenvalue weighted by molar-refractivity contribution is 0.0106. The molecular formula is C16H23N7O6S. The number of tetrazole rings is 1. The van der Waals surface area contributed by atoms with Gasteiger partial charge in [-0.1, -0.05) is 10.2 Å². The molecule has 30 heavy (non-hydrogen) atoms. The number of aromatic nitrogens is 4. The lowest BCUT2D eigenvalue weighted by atomic mass is 10.3. The van der Waals surface area contributed by atoms with E-state index < -0.39 is 9.84 Å². The Morgan fingerprint density at radius 2 is 1.60 bits per heavy atom. The molecule has 1 aromatic heterocycles. The van der Waals surface area contributed by atoms with Gasteiger partial charge in [0.15, 0.2) is 0 Å². The molecule has 0 saturated carbocycles. The average molecular weight is 441 g/mol. The fourth-order valence-corrected chi connectivity index (χ4v) is 2.81. The zero-order valence-electron chi connectivity index (χ0n) is 16.5. The van der Waals surface area contributed by atoms with Gasteiger partial charge in [0.25, 0.3) is 5.16 Å². The molecule has 14 heteroatoms. The Hall–Kier alpha value is -2.77. The second-order valence-corrected chi connectivity index (χ2v) is 7.69. The van der Waals surface area contributed by atoms with Crippen LogP contribution in [0.2, 0.25) is 0 Å². The standard InChI is InChI=1S/C16H23N7O6S/c1-30(24,25)16-19-21-22-23(16)14-2-4-15(5-3-14)29-13-12-28-11-10-27-9-8-26-7-6-18-20-17/h2-5H,6-13H2,1H3. The predicted molar refractivity (Wildman–Crippen MR) is 104 cm³/mol. The first-order valence-corrected chi connectivity index (χ1v) is 10.9. The monoisotopic (exact) mass is 441 g/mol. The molecule has 0 bridgehead atoms. The number of nitrogens with zero attached hydrogens (tertiary/aromatic N) is 7. The van der Waals surface area contributed by atoms with Crippen LogP contribution in [0.5, 0.6) is 5.75 Å². The normalized spacial score (nSPS) is 11.2. The maximum atomic E-state index is 11.7. The quantitative estimate of drug-likeness (QED) is 0.168. The van der Waals surface area contributed by atoms with Crippen molar-refractivity contribution in [2.24, 2.45) is 5.11 Å². The zero-order chi connectivity index (χ0) is 21.7. The van der Waals surface area contributed by atoms with Crippen LogP contribution >= 0.6 is 0 Å². The third kappa shape index (κ3) is 8.31. The van der Waals surface area contributed by atoms with Gasteiger partial charge in [0.2, 0.25) is 9.84 Å². The molecule has 0 aliphatic rings. The Kier molecular flexibility index (Phi) is 9.97. The molecule has 0 atom stereocenters. The van der Waals surface area contributed by atoms with Crippen LogP contribution in [0.15, 0.2) is 34.5 Å². The van der Waals surface area contributed by atoms with Crippen molar-refractivity contribution in [3.8, 4) is 11.4 Å². The second-order valence-electron chi connectivity index (χ2n) is 5.78. The Morgan fingerprint density at radius 1 is 1.00 bits per heavy atom. The molecule has 0 radical (unpaired) electrons. The van der Waals surface area contributed by atoms with Gasteiger partial charge in [0.1, 0.15) is 12.4 Å². The zero-order valence-corrected chi connectivity index (χ0v) is 17.3. The van der Waals surface area contributed by atoms with E-state index in [9.17, 15) is 8.42 Å². The molecule has 1 aromatic carbocycles. The number of hydrogen-bond donors (Lipinski definition) is 0. The molecule has 0 N–H and O–H groups in total. The van der Waals surface area contributed by atoms with Crippen LogP contribution in [0.1, 0.15) is 0 Å². The first kappa shape index (κ1) is 23.5. The third-order valence-electron chi connectivity index (χ3n) is 3.49. The van der Waals surface area contributed by atoms with Crippen molar-refractivity contribution < 1.29 is 27.4 Å². The third-order valence-corrected chi connectivity index (χ3v) is 4.41. The molecule has 2 rings (SSSR count). The number of hydrogen-bond acceptors (Lipinski definition) is 10. The fourth-order valence-electron chi connectivity index (χ4n) is 2.17. The molecule has 0 aliphatic carbocycles. The predicted octanol–water partition coefficient (Wildman–Crippen LogP) is 0.805. The minimum atomic E-state index is -3.54. The molecular weight excluding hydrogens is 418 g/mol. The van der Waals surface area contributed by atoms with Crippen molar-refractivity contribution in [1.29, 1.82) is 0 Å². The molecule has 0 saturated heterocycles. The Bertz CT molecular complexity index is 912. The van der Waals surface area contributed by atoms with E-state index in [1.165, 1.54) is 0 Å². The van der Waals surface area contributed by atoms with Crippen molar-refractivity contribution in [1.82, 2.24) is 20.2 Å². The van der Waals surface area contributed by atoms with Gasteiger partial charge >= 0.3 is 0 Å². The molecule has 2 aromatic rings. The van der Waals surface area contributed by atoms with Gasteiger partial charge in [-0.15, -0.1) is 0 Å². The molecule has 0 spiro atoms. The lowest BCUT2D eigenvalue weighted by Crippen LogP contribution is -2.13. The van der Waals surface area contributed by atoms with Gasteiger partial charge in [-0.3, -0.25) is 0 Å². The largest absolute Gasteiger partial charge is 0.491 e. The lowest BCUT2D eigenvalue weighted by Gasteiger charge is -2.09. The van der Waals surface area contributed by atoms with E-state index in [2.05, 4.69) is 25.6 Å². The van der Waals surface area contributed by atoms with Crippen molar-refractivity contribution in [2.45, 2.75) is 5.16 Å². The Morgan fingerprint density at radius 3 is 2.20 bits per heavy atom. The minimum Gasteiger partial charge on any atom is -0.491 e. The minimum absolute atomic E-state index is 0.230. The van der Waals surface area contributed by atoms with E-state index in [4.69, 9.17) is 24.5 Å². The number of ether oxygens (including phenoxy) is 4. The fraction of sp³-hybridized carbons (Fsp3) is 0.562. The first-order chi connectivity index (χ1) is 14.5. The van der Waals surface area contributed by atoms with Crippen LogP contribution in [-0.2, 0) is 24.0 Å². The summed E-state index contributed by atoms with van der Waals surface area (Å²) in [4.78, 5) is 2.62.